The molecule has 0 radical (unpaired) electrons. The first-order chi connectivity index (χ1) is 9.45. The molecule has 1 aliphatic heterocycles. The molecule has 0 bridgehead atoms. The maximum atomic E-state index is 12.8. The van der Waals surface area contributed by atoms with Crippen LogP contribution in [0.1, 0.15) is 32.3 Å². The highest BCUT2D eigenvalue weighted by Gasteiger charge is 2.35. The summed E-state index contributed by atoms with van der Waals surface area (Å²) >= 11 is 6.05. The molecule has 1 N–H and O–H groups in total. The lowest BCUT2D eigenvalue weighted by molar-refractivity contribution is -0.137. The number of hydrogen-bond donors (Lipinski definition) is 1. The standard InChI is InChI=1S/C16H23ClN2O/c1-16(2,12-5-4-6-13(17)11-12)15(20)19-9-7-14(18-3)8-10-19/h4-6,11,14,18H,7-10H2,1-3H3. The lowest BCUT2D eigenvalue weighted by Crippen LogP contribution is -2.49. The number of halogens is 1. The number of nitrogens with one attached hydrogen (secondary N) is 1. The van der Waals surface area contributed by atoms with Crippen LogP contribution < -0.4 is 5.32 Å². The van der Waals surface area contributed by atoms with Crippen LogP contribution in [-0.2, 0) is 10.2 Å². The minimum absolute atomic E-state index is 0.189. The number of benzene rings is 1. The fourth-order valence-corrected chi connectivity index (χ4v) is 2.96. The summed E-state index contributed by atoms with van der Waals surface area (Å²) in [7, 11) is 1.98. The van der Waals surface area contributed by atoms with Crippen LogP contribution in [0.5, 0.6) is 0 Å². The van der Waals surface area contributed by atoms with Gasteiger partial charge in [0.05, 0.1) is 5.41 Å². The predicted octanol–water partition coefficient (Wildman–Crippen LogP) is 2.83. The number of rotatable bonds is 3. The van der Waals surface area contributed by atoms with E-state index < -0.39 is 5.41 Å². The Balaban J connectivity index is 2.11. The molecule has 0 saturated carbocycles. The third kappa shape index (κ3) is 3.15. The van der Waals surface area contributed by atoms with E-state index in [4.69, 9.17) is 11.6 Å². The summed E-state index contributed by atoms with van der Waals surface area (Å²) in [4.78, 5) is 14.8. The Morgan fingerprint density at radius 3 is 2.55 bits per heavy atom. The Labute approximate surface area is 126 Å². The number of amides is 1. The van der Waals surface area contributed by atoms with Gasteiger partial charge in [-0.15, -0.1) is 0 Å². The van der Waals surface area contributed by atoms with Gasteiger partial charge in [-0.05, 0) is 51.4 Å². The monoisotopic (exact) mass is 294 g/mol. The van der Waals surface area contributed by atoms with E-state index in [0.29, 0.717) is 11.1 Å². The molecule has 1 aromatic rings. The zero-order chi connectivity index (χ0) is 14.8. The van der Waals surface area contributed by atoms with E-state index in [1.165, 1.54) is 0 Å². The van der Waals surface area contributed by atoms with Crippen molar-refractivity contribution in [3.8, 4) is 0 Å². The van der Waals surface area contributed by atoms with Crippen LogP contribution >= 0.6 is 11.6 Å². The smallest absolute Gasteiger partial charge is 0.232 e. The van der Waals surface area contributed by atoms with Gasteiger partial charge in [-0.1, -0.05) is 23.7 Å². The van der Waals surface area contributed by atoms with Crippen molar-refractivity contribution in [1.29, 1.82) is 0 Å². The number of likely N-dealkylation sites (tertiary alicyclic amines) is 1. The van der Waals surface area contributed by atoms with Gasteiger partial charge in [0, 0.05) is 24.2 Å². The van der Waals surface area contributed by atoms with Crippen LogP contribution in [0.4, 0.5) is 0 Å². The molecule has 1 heterocycles. The summed E-state index contributed by atoms with van der Waals surface area (Å²) in [5.74, 6) is 0.189. The summed E-state index contributed by atoms with van der Waals surface area (Å²) in [5.41, 5.74) is 0.447. The second kappa shape index (κ2) is 6.15. The molecule has 0 unspecified atom stereocenters. The average molecular weight is 295 g/mol. The van der Waals surface area contributed by atoms with Crippen molar-refractivity contribution in [3.63, 3.8) is 0 Å². The van der Waals surface area contributed by atoms with Gasteiger partial charge in [-0.25, -0.2) is 0 Å². The Kier molecular flexibility index (Phi) is 4.71. The number of hydrogen-bond acceptors (Lipinski definition) is 2. The number of nitrogens with zero attached hydrogens (tertiary/aromatic N) is 1. The topological polar surface area (TPSA) is 32.3 Å². The molecule has 0 spiro atoms. The number of carbonyl (C=O) groups is 1. The Bertz CT molecular complexity index is 479. The van der Waals surface area contributed by atoms with E-state index in [1.807, 2.05) is 50.1 Å². The Morgan fingerprint density at radius 1 is 1.35 bits per heavy atom. The van der Waals surface area contributed by atoms with Gasteiger partial charge in [0.1, 0.15) is 0 Å². The summed E-state index contributed by atoms with van der Waals surface area (Å²) < 4.78 is 0. The minimum atomic E-state index is -0.530. The van der Waals surface area contributed by atoms with Gasteiger partial charge in [0.15, 0.2) is 0 Å². The molecule has 0 aromatic heterocycles. The van der Waals surface area contributed by atoms with Gasteiger partial charge in [-0.2, -0.15) is 0 Å². The van der Waals surface area contributed by atoms with Crippen LogP contribution in [0.2, 0.25) is 5.02 Å². The molecule has 20 heavy (non-hydrogen) atoms. The molecule has 2 rings (SSSR count). The van der Waals surface area contributed by atoms with Crippen LogP contribution in [0, 0.1) is 0 Å². The normalized spacial score (nSPS) is 17.3. The molecule has 3 nitrogen and oxygen atoms in total. The zero-order valence-corrected chi connectivity index (χ0v) is 13.2. The first kappa shape index (κ1) is 15.3. The third-order valence-electron chi connectivity index (χ3n) is 4.27. The molecule has 0 aliphatic carbocycles. The molecular weight excluding hydrogens is 272 g/mol. The van der Waals surface area contributed by atoms with Gasteiger partial charge in [0.25, 0.3) is 0 Å². The number of piperidine rings is 1. The predicted molar refractivity (Wildman–Crippen MR) is 83.1 cm³/mol. The fourth-order valence-electron chi connectivity index (χ4n) is 2.77. The van der Waals surface area contributed by atoms with Crippen LogP contribution in [0.25, 0.3) is 0 Å². The van der Waals surface area contributed by atoms with Crippen LogP contribution in [0.3, 0.4) is 0 Å². The van der Waals surface area contributed by atoms with E-state index in [0.717, 1.165) is 31.5 Å². The fraction of sp³-hybridized carbons (Fsp3) is 0.562. The highest BCUT2D eigenvalue weighted by atomic mass is 35.5. The van der Waals surface area contributed by atoms with E-state index in [-0.39, 0.29) is 5.91 Å². The van der Waals surface area contributed by atoms with E-state index in [1.54, 1.807) is 0 Å². The largest absolute Gasteiger partial charge is 0.342 e. The lowest BCUT2D eigenvalue weighted by Gasteiger charge is -2.37. The maximum absolute atomic E-state index is 12.8. The summed E-state index contributed by atoms with van der Waals surface area (Å²) in [6.07, 6.45) is 2.04. The average Bonchev–Trinajstić information content (AvgIpc) is 2.46. The molecule has 1 saturated heterocycles. The molecular formula is C16H23ClN2O. The number of carbonyl (C=O) groups excluding carboxylic acids is 1. The van der Waals surface area contributed by atoms with Crippen molar-refractivity contribution in [2.24, 2.45) is 0 Å². The van der Waals surface area contributed by atoms with Crippen molar-refractivity contribution in [1.82, 2.24) is 10.2 Å². The second-order valence-corrected chi connectivity index (χ2v) is 6.43. The first-order valence-corrected chi connectivity index (χ1v) is 7.55. The molecule has 1 amide bonds. The van der Waals surface area contributed by atoms with Crippen molar-refractivity contribution in [2.75, 3.05) is 20.1 Å². The second-order valence-electron chi connectivity index (χ2n) is 5.99. The first-order valence-electron chi connectivity index (χ1n) is 7.18. The molecule has 1 aromatic carbocycles. The van der Waals surface area contributed by atoms with Crippen LogP contribution in [-0.4, -0.2) is 37.0 Å². The van der Waals surface area contributed by atoms with Gasteiger partial charge >= 0.3 is 0 Å². The van der Waals surface area contributed by atoms with Crippen molar-refractivity contribution in [2.45, 2.75) is 38.1 Å². The van der Waals surface area contributed by atoms with Crippen molar-refractivity contribution < 1.29 is 4.79 Å². The third-order valence-corrected chi connectivity index (χ3v) is 4.51. The molecule has 4 heteroatoms. The lowest BCUT2D eigenvalue weighted by atomic mass is 9.82. The molecule has 110 valence electrons. The van der Waals surface area contributed by atoms with E-state index in [9.17, 15) is 4.79 Å². The van der Waals surface area contributed by atoms with E-state index in [2.05, 4.69) is 5.32 Å². The van der Waals surface area contributed by atoms with Crippen molar-refractivity contribution >= 4 is 17.5 Å². The SMILES string of the molecule is CNC1CCN(C(=O)C(C)(C)c2cccc(Cl)c2)CC1. The van der Waals surface area contributed by atoms with Crippen molar-refractivity contribution in [3.05, 3.63) is 34.9 Å². The highest BCUT2D eigenvalue weighted by molar-refractivity contribution is 6.30. The quantitative estimate of drug-likeness (QED) is 0.930. The Morgan fingerprint density at radius 2 is 2.00 bits per heavy atom. The maximum Gasteiger partial charge on any atom is 0.232 e. The molecule has 0 atom stereocenters. The van der Waals surface area contributed by atoms with Crippen LogP contribution in [0.15, 0.2) is 24.3 Å². The van der Waals surface area contributed by atoms with Gasteiger partial charge in [-0.3, -0.25) is 4.79 Å². The summed E-state index contributed by atoms with van der Waals surface area (Å²) in [6.45, 7) is 5.61. The van der Waals surface area contributed by atoms with Gasteiger partial charge < -0.3 is 10.2 Å². The highest BCUT2D eigenvalue weighted by Crippen LogP contribution is 2.29. The zero-order valence-electron chi connectivity index (χ0n) is 12.4. The minimum Gasteiger partial charge on any atom is -0.342 e. The summed E-state index contributed by atoms with van der Waals surface area (Å²) in [5, 5.41) is 3.96. The molecule has 1 fully saturated rings. The van der Waals surface area contributed by atoms with Gasteiger partial charge in [0.2, 0.25) is 5.91 Å². The van der Waals surface area contributed by atoms with E-state index >= 15 is 0 Å². The molecule has 1 aliphatic rings. The summed E-state index contributed by atoms with van der Waals surface area (Å²) in [6, 6.07) is 8.14. The Hall–Kier alpha value is -1.06.